The van der Waals surface area contributed by atoms with Gasteiger partial charge in [-0.1, -0.05) is 23.7 Å². The van der Waals surface area contributed by atoms with Gasteiger partial charge in [-0.3, -0.25) is 4.90 Å². The summed E-state index contributed by atoms with van der Waals surface area (Å²) in [6, 6.07) is 8.55. The van der Waals surface area contributed by atoms with Crippen molar-refractivity contribution in [2.75, 3.05) is 26.2 Å². The summed E-state index contributed by atoms with van der Waals surface area (Å²) in [4.78, 5) is 8.04. The normalized spacial score (nSPS) is 16.6. The van der Waals surface area contributed by atoms with Crippen LogP contribution in [-0.4, -0.2) is 36.1 Å². The number of halogens is 3. The fourth-order valence-electron chi connectivity index (χ4n) is 2.52. The number of nitrogens with zero attached hydrogens (tertiary/aromatic N) is 2. The number of piperazine rings is 1. The maximum atomic E-state index is 6.31. The van der Waals surface area contributed by atoms with E-state index in [1.165, 1.54) is 4.88 Å². The fourth-order valence-corrected chi connectivity index (χ4v) is 3.62. The Bertz CT molecular complexity index is 530. The van der Waals surface area contributed by atoms with E-state index < -0.39 is 0 Å². The van der Waals surface area contributed by atoms with Crippen molar-refractivity contribution >= 4 is 47.8 Å². The minimum Gasteiger partial charge on any atom is -0.314 e. The van der Waals surface area contributed by atoms with E-state index in [9.17, 15) is 0 Å². The summed E-state index contributed by atoms with van der Waals surface area (Å²) in [5.74, 6) is 0. The summed E-state index contributed by atoms with van der Waals surface area (Å²) < 4.78 is 0. The van der Waals surface area contributed by atoms with Gasteiger partial charge in [-0.2, -0.15) is 0 Å². The molecule has 0 aromatic carbocycles. The van der Waals surface area contributed by atoms with Crippen molar-refractivity contribution in [1.29, 1.82) is 0 Å². The highest BCUT2D eigenvalue weighted by molar-refractivity contribution is 7.10. The quantitative estimate of drug-likeness (QED) is 0.841. The van der Waals surface area contributed by atoms with Gasteiger partial charge in [-0.15, -0.1) is 36.2 Å². The molecule has 1 aliphatic rings. The predicted molar refractivity (Wildman–Crippen MR) is 94.3 cm³/mol. The molecule has 3 heterocycles. The lowest BCUT2D eigenvalue weighted by Crippen LogP contribution is -2.45. The smallest absolute Gasteiger partial charge is 0.134 e. The molecule has 0 bridgehead atoms. The standard InChI is InChI=1S/C14H16ClN3S.2ClH/c15-14-11(3-1-5-17-14)13(12-4-2-10-19-12)18-8-6-16-7-9-18;;/h1-5,10,13,16H,6-9H2;2*1H/t13-;;/m0../s1. The Labute approximate surface area is 146 Å². The zero-order chi connectivity index (χ0) is 13.1. The van der Waals surface area contributed by atoms with E-state index in [1.54, 1.807) is 17.5 Å². The number of rotatable bonds is 3. The number of aromatic nitrogens is 1. The SMILES string of the molecule is Cl.Cl.Clc1ncccc1[C@@H](c1cccs1)N1CCNCC1. The maximum Gasteiger partial charge on any atom is 0.134 e. The van der Waals surface area contributed by atoms with Gasteiger partial charge in [-0.25, -0.2) is 4.98 Å². The topological polar surface area (TPSA) is 28.2 Å². The van der Waals surface area contributed by atoms with Crippen LogP contribution in [0.2, 0.25) is 5.15 Å². The summed E-state index contributed by atoms with van der Waals surface area (Å²) in [5.41, 5.74) is 1.11. The molecule has 2 aromatic rings. The first-order valence-corrected chi connectivity index (χ1v) is 7.70. The van der Waals surface area contributed by atoms with E-state index >= 15 is 0 Å². The monoisotopic (exact) mass is 365 g/mol. The van der Waals surface area contributed by atoms with E-state index in [0.29, 0.717) is 5.15 Å². The molecule has 1 aliphatic heterocycles. The van der Waals surface area contributed by atoms with Crippen molar-refractivity contribution in [3.05, 3.63) is 51.4 Å². The molecule has 0 spiro atoms. The van der Waals surface area contributed by atoms with Gasteiger partial charge >= 0.3 is 0 Å². The van der Waals surface area contributed by atoms with E-state index in [-0.39, 0.29) is 30.9 Å². The highest BCUT2D eigenvalue weighted by atomic mass is 35.5. The van der Waals surface area contributed by atoms with E-state index in [2.05, 4.69) is 38.8 Å². The van der Waals surface area contributed by atoms with Crippen LogP contribution in [0.4, 0.5) is 0 Å². The Morgan fingerprint density at radius 3 is 2.57 bits per heavy atom. The molecule has 0 saturated carbocycles. The molecular weight excluding hydrogens is 349 g/mol. The fraction of sp³-hybridized carbons (Fsp3) is 0.357. The number of nitrogens with one attached hydrogen (secondary N) is 1. The van der Waals surface area contributed by atoms with Crippen molar-refractivity contribution < 1.29 is 0 Å². The van der Waals surface area contributed by atoms with Crippen LogP contribution >= 0.6 is 47.8 Å². The second-order valence-corrected chi connectivity index (χ2v) is 5.92. The molecule has 0 aliphatic carbocycles. The van der Waals surface area contributed by atoms with Crippen LogP contribution in [0.15, 0.2) is 35.8 Å². The first-order valence-electron chi connectivity index (χ1n) is 6.45. The molecule has 1 saturated heterocycles. The number of thiophene rings is 1. The molecule has 7 heteroatoms. The van der Waals surface area contributed by atoms with Crippen LogP contribution in [-0.2, 0) is 0 Å². The third-order valence-electron chi connectivity index (χ3n) is 3.41. The van der Waals surface area contributed by atoms with E-state index in [4.69, 9.17) is 11.6 Å². The van der Waals surface area contributed by atoms with Crippen molar-refractivity contribution in [3.63, 3.8) is 0 Å². The first kappa shape index (κ1) is 18.7. The summed E-state index contributed by atoms with van der Waals surface area (Å²) in [5, 5.41) is 6.12. The van der Waals surface area contributed by atoms with Gasteiger partial charge in [0.2, 0.25) is 0 Å². The zero-order valence-electron chi connectivity index (χ0n) is 11.4. The van der Waals surface area contributed by atoms with E-state index in [0.717, 1.165) is 31.7 Å². The van der Waals surface area contributed by atoms with Crippen LogP contribution < -0.4 is 5.32 Å². The van der Waals surface area contributed by atoms with Crippen molar-refractivity contribution in [2.45, 2.75) is 6.04 Å². The van der Waals surface area contributed by atoms with E-state index in [1.807, 2.05) is 6.07 Å². The average molecular weight is 367 g/mol. The van der Waals surface area contributed by atoms with Gasteiger partial charge in [0.05, 0.1) is 6.04 Å². The molecule has 0 radical (unpaired) electrons. The Kier molecular flexibility index (Phi) is 7.95. The Morgan fingerprint density at radius 2 is 1.95 bits per heavy atom. The van der Waals surface area contributed by atoms with Gasteiger partial charge in [0.15, 0.2) is 0 Å². The summed E-state index contributed by atoms with van der Waals surface area (Å²) in [6.45, 7) is 4.13. The average Bonchev–Trinajstić information content (AvgIpc) is 2.96. The summed E-state index contributed by atoms with van der Waals surface area (Å²) in [6.07, 6.45) is 1.75. The molecule has 1 fully saturated rings. The lowest BCUT2D eigenvalue weighted by molar-refractivity contribution is 0.200. The van der Waals surface area contributed by atoms with Gasteiger partial charge < -0.3 is 5.32 Å². The highest BCUT2D eigenvalue weighted by Gasteiger charge is 2.26. The number of pyridine rings is 1. The van der Waals surface area contributed by atoms with Crippen LogP contribution in [0.1, 0.15) is 16.5 Å². The molecule has 21 heavy (non-hydrogen) atoms. The Balaban J connectivity index is 0.00000110. The number of hydrogen-bond donors (Lipinski definition) is 1. The number of hydrogen-bond acceptors (Lipinski definition) is 4. The van der Waals surface area contributed by atoms with Crippen molar-refractivity contribution in [1.82, 2.24) is 15.2 Å². The molecule has 116 valence electrons. The van der Waals surface area contributed by atoms with Crippen LogP contribution in [0.5, 0.6) is 0 Å². The predicted octanol–water partition coefficient (Wildman–Crippen LogP) is 3.63. The van der Waals surface area contributed by atoms with Crippen LogP contribution in [0, 0.1) is 0 Å². The molecule has 3 nitrogen and oxygen atoms in total. The molecule has 1 atom stereocenters. The Hall–Kier alpha value is -0.360. The summed E-state index contributed by atoms with van der Waals surface area (Å²) >= 11 is 8.09. The maximum absolute atomic E-state index is 6.31. The zero-order valence-corrected chi connectivity index (χ0v) is 14.6. The summed E-state index contributed by atoms with van der Waals surface area (Å²) in [7, 11) is 0. The van der Waals surface area contributed by atoms with Gasteiger partial charge in [0.25, 0.3) is 0 Å². The largest absolute Gasteiger partial charge is 0.314 e. The third-order valence-corrected chi connectivity index (χ3v) is 4.65. The molecular formula is C14H18Cl3N3S. The molecule has 2 aromatic heterocycles. The minimum absolute atomic E-state index is 0. The minimum atomic E-state index is 0. The molecule has 0 unspecified atom stereocenters. The lowest BCUT2D eigenvalue weighted by Gasteiger charge is -2.34. The lowest BCUT2D eigenvalue weighted by atomic mass is 10.0. The Morgan fingerprint density at radius 1 is 1.19 bits per heavy atom. The van der Waals surface area contributed by atoms with Crippen molar-refractivity contribution in [3.8, 4) is 0 Å². The first-order chi connectivity index (χ1) is 9.36. The molecule has 3 rings (SSSR count). The second kappa shape index (κ2) is 8.93. The third kappa shape index (κ3) is 4.31. The van der Waals surface area contributed by atoms with Crippen LogP contribution in [0.3, 0.4) is 0 Å². The van der Waals surface area contributed by atoms with Crippen LogP contribution in [0.25, 0.3) is 0 Å². The van der Waals surface area contributed by atoms with Gasteiger partial charge in [0, 0.05) is 42.8 Å². The van der Waals surface area contributed by atoms with Gasteiger partial charge in [-0.05, 0) is 17.5 Å². The van der Waals surface area contributed by atoms with Gasteiger partial charge in [0.1, 0.15) is 5.15 Å². The highest BCUT2D eigenvalue weighted by Crippen LogP contribution is 2.34. The molecule has 0 amide bonds. The second-order valence-electron chi connectivity index (χ2n) is 4.59. The van der Waals surface area contributed by atoms with Crippen molar-refractivity contribution in [2.24, 2.45) is 0 Å². The molecule has 1 N–H and O–H groups in total.